The van der Waals surface area contributed by atoms with Crippen LogP contribution in [0.15, 0.2) is 22.3 Å². The minimum atomic E-state index is -0.206. The van der Waals surface area contributed by atoms with Crippen molar-refractivity contribution in [2.75, 3.05) is 11.9 Å². The highest BCUT2D eigenvalue weighted by atomic mass is 32.1. The first-order valence-electron chi connectivity index (χ1n) is 6.19. The second kappa shape index (κ2) is 5.18. The molecule has 2 N–H and O–H groups in total. The number of aromatic nitrogens is 3. The Balaban J connectivity index is 2.00. The van der Waals surface area contributed by atoms with E-state index in [1.807, 2.05) is 25.3 Å². The lowest BCUT2D eigenvalue weighted by Gasteiger charge is -2.16. The molecule has 1 atom stereocenters. The van der Waals surface area contributed by atoms with E-state index in [-0.39, 0.29) is 12.6 Å². The predicted octanol–water partition coefficient (Wildman–Crippen LogP) is 2.44. The van der Waals surface area contributed by atoms with E-state index in [2.05, 4.69) is 20.4 Å². The lowest BCUT2D eigenvalue weighted by atomic mass is 10.1. The highest BCUT2D eigenvalue weighted by Gasteiger charge is 2.18. The lowest BCUT2D eigenvalue weighted by Crippen LogP contribution is -2.15. The maximum Gasteiger partial charge on any atom is 0.263 e. The van der Waals surface area contributed by atoms with Crippen molar-refractivity contribution in [3.8, 4) is 0 Å². The van der Waals surface area contributed by atoms with Gasteiger partial charge in [-0.3, -0.25) is 0 Å². The summed E-state index contributed by atoms with van der Waals surface area (Å²) >= 11 is 1.61. The number of nitrogens with one attached hydrogen (secondary N) is 1. The molecule has 7 heteroatoms. The largest absolute Gasteiger partial charge is 0.394 e. The molecule has 1 unspecified atom stereocenters. The standard InChI is InChI=1S/C13H14N4O2S/c1-7-3-4-20-11(7)9(5-18)16-12-10-8(2)17-19-13(10)15-6-14-12/h3-4,6,9,18H,5H2,1-2H3,(H,14,15,16). The van der Waals surface area contributed by atoms with Gasteiger partial charge in [0, 0.05) is 4.88 Å². The molecule has 3 aromatic heterocycles. The maximum absolute atomic E-state index is 9.64. The fourth-order valence-corrected chi connectivity index (χ4v) is 3.10. The average molecular weight is 290 g/mol. The molecule has 104 valence electrons. The number of rotatable bonds is 4. The zero-order valence-corrected chi connectivity index (χ0v) is 11.9. The number of anilines is 1. The van der Waals surface area contributed by atoms with Gasteiger partial charge in [0.05, 0.1) is 18.3 Å². The van der Waals surface area contributed by atoms with Gasteiger partial charge in [-0.25, -0.2) is 4.98 Å². The van der Waals surface area contributed by atoms with E-state index in [9.17, 15) is 5.11 Å². The van der Waals surface area contributed by atoms with Crippen LogP contribution in [0, 0.1) is 13.8 Å². The molecule has 3 aromatic rings. The fraction of sp³-hybridized carbons (Fsp3) is 0.308. The van der Waals surface area contributed by atoms with Crippen LogP contribution in [0.25, 0.3) is 11.1 Å². The number of fused-ring (bicyclic) bond motifs is 1. The van der Waals surface area contributed by atoms with E-state index >= 15 is 0 Å². The summed E-state index contributed by atoms with van der Waals surface area (Å²) in [5, 5.41) is 19.5. The van der Waals surface area contributed by atoms with Crippen LogP contribution in [-0.4, -0.2) is 26.8 Å². The Kier molecular flexibility index (Phi) is 3.37. The Morgan fingerprint density at radius 2 is 2.25 bits per heavy atom. The molecule has 0 bridgehead atoms. The van der Waals surface area contributed by atoms with Crippen LogP contribution in [0.5, 0.6) is 0 Å². The summed E-state index contributed by atoms with van der Waals surface area (Å²) in [7, 11) is 0. The minimum Gasteiger partial charge on any atom is -0.394 e. The molecule has 0 saturated heterocycles. The van der Waals surface area contributed by atoms with Gasteiger partial charge in [-0.15, -0.1) is 11.3 Å². The van der Waals surface area contributed by atoms with Gasteiger partial charge >= 0.3 is 0 Å². The third-order valence-corrected chi connectivity index (χ3v) is 4.29. The molecule has 0 radical (unpaired) electrons. The van der Waals surface area contributed by atoms with Crippen molar-refractivity contribution in [3.05, 3.63) is 33.9 Å². The van der Waals surface area contributed by atoms with Crippen LogP contribution < -0.4 is 5.32 Å². The average Bonchev–Trinajstić information content (AvgIpc) is 3.03. The summed E-state index contributed by atoms with van der Waals surface area (Å²) in [6.07, 6.45) is 1.42. The van der Waals surface area contributed by atoms with Gasteiger partial charge in [0.25, 0.3) is 5.71 Å². The molecule has 3 rings (SSSR count). The SMILES string of the molecule is Cc1ccsc1C(CO)Nc1ncnc2onc(C)c12. The Bertz CT molecular complexity index is 737. The fourth-order valence-electron chi connectivity index (χ4n) is 2.13. The second-order valence-corrected chi connectivity index (χ2v) is 5.47. The van der Waals surface area contributed by atoms with Crippen LogP contribution in [0.2, 0.25) is 0 Å². The van der Waals surface area contributed by atoms with Crippen LogP contribution in [0.3, 0.4) is 0 Å². The summed E-state index contributed by atoms with van der Waals surface area (Å²) in [6, 6.07) is 1.83. The van der Waals surface area contributed by atoms with E-state index < -0.39 is 0 Å². The van der Waals surface area contributed by atoms with Gasteiger partial charge in [-0.1, -0.05) is 5.16 Å². The van der Waals surface area contributed by atoms with Crippen LogP contribution in [0.4, 0.5) is 5.82 Å². The zero-order chi connectivity index (χ0) is 14.1. The highest BCUT2D eigenvalue weighted by Crippen LogP contribution is 2.29. The van der Waals surface area contributed by atoms with Crippen LogP contribution >= 0.6 is 11.3 Å². The molecule has 0 aliphatic carbocycles. The van der Waals surface area contributed by atoms with E-state index in [1.54, 1.807) is 11.3 Å². The Hall–Kier alpha value is -1.99. The van der Waals surface area contributed by atoms with Crippen molar-refractivity contribution in [2.45, 2.75) is 19.9 Å². The molecule has 0 fully saturated rings. The van der Waals surface area contributed by atoms with Crippen molar-refractivity contribution >= 4 is 28.3 Å². The summed E-state index contributed by atoms with van der Waals surface area (Å²) < 4.78 is 5.12. The molecule has 0 saturated carbocycles. The molecule has 6 nitrogen and oxygen atoms in total. The predicted molar refractivity (Wildman–Crippen MR) is 76.8 cm³/mol. The Labute approximate surface area is 119 Å². The molecule has 0 aromatic carbocycles. The first-order chi connectivity index (χ1) is 9.70. The zero-order valence-electron chi connectivity index (χ0n) is 11.1. The Morgan fingerprint density at radius 1 is 1.40 bits per heavy atom. The summed E-state index contributed by atoms with van der Waals surface area (Å²) in [6.45, 7) is 3.85. The number of hydrogen-bond donors (Lipinski definition) is 2. The molecule has 0 spiro atoms. The molecule has 0 aliphatic heterocycles. The van der Waals surface area contributed by atoms with Crippen molar-refractivity contribution in [1.29, 1.82) is 0 Å². The summed E-state index contributed by atoms with van der Waals surface area (Å²) in [4.78, 5) is 9.37. The first kappa shape index (κ1) is 13.0. The topological polar surface area (TPSA) is 84.1 Å². The van der Waals surface area contributed by atoms with Crippen molar-refractivity contribution in [3.63, 3.8) is 0 Å². The third-order valence-electron chi connectivity index (χ3n) is 3.16. The number of aliphatic hydroxyl groups is 1. The van der Waals surface area contributed by atoms with Gasteiger partial charge in [0.1, 0.15) is 17.5 Å². The van der Waals surface area contributed by atoms with Gasteiger partial charge in [0.15, 0.2) is 0 Å². The van der Waals surface area contributed by atoms with Gasteiger partial charge in [-0.05, 0) is 30.9 Å². The van der Waals surface area contributed by atoms with E-state index in [1.165, 1.54) is 6.33 Å². The monoisotopic (exact) mass is 290 g/mol. The molecule has 0 aliphatic rings. The van der Waals surface area contributed by atoms with Gasteiger partial charge < -0.3 is 14.9 Å². The Morgan fingerprint density at radius 3 is 2.95 bits per heavy atom. The van der Waals surface area contributed by atoms with Crippen molar-refractivity contribution in [1.82, 2.24) is 15.1 Å². The molecule has 20 heavy (non-hydrogen) atoms. The maximum atomic E-state index is 9.64. The van der Waals surface area contributed by atoms with E-state index in [0.29, 0.717) is 11.5 Å². The number of hydrogen-bond acceptors (Lipinski definition) is 7. The normalized spacial score (nSPS) is 12.8. The minimum absolute atomic E-state index is 0.0167. The molecular weight excluding hydrogens is 276 g/mol. The smallest absolute Gasteiger partial charge is 0.263 e. The van der Waals surface area contributed by atoms with Crippen LogP contribution in [0.1, 0.15) is 22.2 Å². The highest BCUT2D eigenvalue weighted by molar-refractivity contribution is 7.10. The van der Waals surface area contributed by atoms with E-state index in [0.717, 1.165) is 21.5 Å². The van der Waals surface area contributed by atoms with Crippen LogP contribution in [-0.2, 0) is 0 Å². The summed E-state index contributed by atoms with van der Waals surface area (Å²) in [5.41, 5.74) is 2.32. The first-order valence-corrected chi connectivity index (χ1v) is 7.07. The van der Waals surface area contributed by atoms with Gasteiger partial charge in [0.2, 0.25) is 0 Å². The number of aliphatic hydroxyl groups excluding tert-OH is 1. The van der Waals surface area contributed by atoms with Gasteiger partial charge in [-0.2, -0.15) is 4.98 Å². The molecule has 0 amide bonds. The van der Waals surface area contributed by atoms with E-state index in [4.69, 9.17) is 4.52 Å². The summed E-state index contributed by atoms with van der Waals surface area (Å²) in [5.74, 6) is 0.626. The quantitative estimate of drug-likeness (QED) is 0.767. The van der Waals surface area contributed by atoms with Crippen molar-refractivity contribution in [2.24, 2.45) is 0 Å². The second-order valence-electron chi connectivity index (χ2n) is 4.52. The van der Waals surface area contributed by atoms with Crippen molar-refractivity contribution < 1.29 is 9.63 Å². The third kappa shape index (κ3) is 2.14. The number of thiophene rings is 1. The molecular formula is C13H14N4O2S. The molecule has 3 heterocycles. The lowest BCUT2D eigenvalue weighted by molar-refractivity contribution is 0.277. The number of aryl methyl sites for hydroxylation is 2. The number of nitrogens with zero attached hydrogens (tertiary/aromatic N) is 3.